The molecule has 1 aromatic carbocycles. The lowest BCUT2D eigenvalue weighted by atomic mass is 10.0. The highest BCUT2D eigenvalue weighted by molar-refractivity contribution is 5.82. The number of carbonyl (C=O) groups is 1. The van der Waals surface area contributed by atoms with E-state index in [4.69, 9.17) is 15.3 Å². The number of carbonyl (C=O) groups excluding carboxylic acids is 1. The van der Waals surface area contributed by atoms with Crippen molar-refractivity contribution < 1.29 is 14.3 Å². The minimum Gasteiger partial charge on any atom is -0.385 e. The van der Waals surface area contributed by atoms with Gasteiger partial charge in [0.2, 0.25) is 0 Å². The summed E-state index contributed by atoms with van der Waals surface area (Å²) >= 11 is 0. The Morgan fingerprint density at radius 3 is 2.43 bits per heavy atom. The fourth-order valence-corrected chi connectivity index (χ4v) is 2.23. The lowest BCUT2D eigenvalue weighted by molar-refractivity contribution is -0.127. The van der Waals surface area contributed by atoms with Gasteiger partial charge >= 0.3 is 0 Å². The second kappa shape index (κ2) is 10.3. The van der Waals surface area contributed by atoms with Gasteiger partial charge in [-0.15, -0.1) is 0 Å². The van der Waals surface area contributed by atoms with Gasteiger partial charge in [0.1, 0.15) is 6.04 Å². The fourth-order valence-electron chi connectivity index (χ4n) is 2.23. The van der Waals surface area contributed by atoms with Crippen molar-refractivity contribution >= 4 is 5.91 Å². The lowest BCUT2D eigenvalue weighted by Crippen LogP contribution is -2.44. The molecule has 3 N–H and O–H groups in total. The smallest absolute Gasteiger partial charge is 0.255 e. The summed E-state index contributed by atoms with van der Waals surface area (Å²) in [5.74, 6) is 5.12. The van der Waals surface area contributed by atoms with E-state index in [-0.39, 0.29) is 5.91 Å². The molecule has 0 aromatic heterocycles. The summed E-state index contributed by atoms with van der Waals surface area (Å²) in [7, 11) is 3.31. The van der Waals surface area contributed by atoms with Gasteiger partial charge in [0.15, 0.2) is 0 Å². The molecule has 0 heterocycles. The van der Waals surface area contributed by atoms with Crippen LogP contribution in [0.15, 0.2) is 30.3 Å². The third kappa shape index (κ3) is 5.81. The van der Waals surface area contributed by atoms with Crippen LogP contribution in [0.5, 0.6) is 0 Å². The second-order valence-corrected chi connectivity index (χ2v) is 4.70. The van der Waals surface area contributed by atoms with E-state index in [0.717, 1.165) is 18.5 Å². The topological polar surface area (TPSA) is 76.8 Å². The first-order valence-electron chi connectivity index (χ1n) is 7.02. The number of benzene rings is 1. The van der Waals surface area contributed by atoms with Crippen molar-refractivity contribution in [2.75, 3.05) is 40.5 Å². The summed E-state index contributed by atoms with van der Waals surface area (Å²) < 4.78 is 10.2. The van der Waals surface area contributed by atoms with E-state index in [1.54, 1.807) is 14.2 Å². The summed E-state index contributed by atoms with van der Waals surface area (Å²) in [6.45, 7) is 2.57. The van der Waals surface area contributed by atoms with E-state index in [9.17, 15) is 4.79 Å². The molecule has 118 valence electrons. The molecule has 6 nitrogen and oxygen atoms in total. The van der Waals surface area contributed by atoms with Crippen molar-refractivity contribution in [2.45, 2.75) is 12.5 Å². The Labute approximate surface area is 126 Å². The molecule has 1 rings (SSSR count). The monoisotopic (exact) mass is 295 g/mol. The molecule has 0 bridgehead atoms. The first kappa shape index (κ1) is 17.6. The lowest BCUT2D eigenvalue weighted by Gasteiger charge is -2.30. The number of hydrogen-bond acceptors (Lipinski definition) is 5. The summed E-state index contributed by atoms with van der Waals surface area (Å²) in [6.07, 6.45) is 0.835. The standard InChI is InChI=1S/C15H25N3O3/c1-20-11-6-9-18(10-12-21-2)14(15(19)17-16)13-7-4-3-5-8-13/h3-5,7-8,14H,6,9-12,16H2,1-2H3,(H,17,19). The average Bonchev–Trinajstić information content (AvgIpc) is 2.53. The van der Waals surface area contributed by atoms with Crippen LogP contribution in [0.1, 0.15) is 18.0 Å². The van der Waals surface area contributed by atoms with Crippen LogP contribution in [0.4, 0.5) is 0 Å². The number of nitrogens with two attached hydrogens (primary N) is 1. The zero-order valence-corrected chi connectivity index (χ0v) is 12.7. The first-order valence-corrected chi connectivity index (χ1v) is 7.02. The summed E-state index contributed by atoms with van der Waals surface area (Å²) in [5, 5.41) is 0. The maximum Gasteiger partial charge on any atom is 0.255 e. The molecule has 1 amide bonds. The van der Waals surface area contributed by atoms with Crippen LogP contribution in [0.2, 0.25) is 0 Å². The Kier molecular flexibility index (Phi) is 8.61. The quantitative estimate of drug-likeness (QED) is 0.288. The van der Waals surface area contributed by atoms with Crippen molar-refractivity contribution in [1.82, 2.24) is 10.3 Å². The van der Waals surface area contributed by atoms with Gasteiger partial charge in [-0.3, -0.25) is 15.1 Å². The highest BCUT2D eigenvalue weighted by Gasteiger charge is 2.26. The SMILES string of the molecule is COCCCN(CCOC)C(C(=O)NN)c1ccccc1. The van der Waals surface area contributed by atoms with Gasteiger partial charge in [0.05, 0.1) is 6.61 Å². The van der Waals surface area contributed by atoms with Gasteiger partial charge in [-0.05, 0) is 12.0 Å². The zero-order chi connectivity index (χ0) is 15.5. The van der Waals surface area contributed by atoms with Gasteiger partial charge in [0, 0.05) is 33.9 Å². The Bertz CT molecular complexity index is 400. The van der Waals surface area contributed by atoms with E-state index in [0.29, 0.717) is 19.8 Å². The predicted molar refractivity (Wildman–Crippen MR) is 81.5 cm³/mol. The molecular formula is C15H25N3O3. The van der Waals surface area contributed by atoms with Crippen LogP contribution in [-0.4, -0.2) is 51.3 Å². The van der Waals surface area contributed by atoms with E-state index in [1.807, 2.05) is 30.3 Å². The third-order valence-corrected chi connectivity index (χ3v) is 3.25. The van der Waals surface area contributed by atoms with E-state index in [1.165, 1.54) is 0 Å². The average molecular weight is 295 g/mol. The fraction of sp³-hybridized carbons (Fsp3) is 0.533. The maximum atomic E-state index is 12.2. The van der Waals surface area contributed by atoms with Crippen molar-refractivity contribution in [3.63, 3.8) is 0 Å². The summed E-state index contributed by atoms with van der Waals surface area (Å²) in [4.78, 5) is 14.3. The number of ether oxygens (including phenoxy) is 2. The predicted octanol–water partition coefficient (Wildman–Crippen LogP) is 0.703. The van der Waals surface area contributed by atoms with Crippen molar-refractivity contribution in [1.29, 1.82) is 0 Å². The molecule has 21 heavy (non-hydrogen) atoms. The van der Waals surface area contributed by atoms with Crippen LogP contribution in [0.3, 0.4) is 0 Å². The van der Waals surface area contributed by atoms with E-state index in [2.05, 4.69) is 10.3 Å². The number of hydrogen-bond donors (Lipinski definition) is 2. The van der Waals surface area contributed by atoms with Gasteiger partial charge in [-0.1, -0.05) is 30.3 Å². The molecule has 0 radical (unpaired) electrons. The molecule has 0 saturated carbocycles. The van der Waals surface area contributed by atoms with E-state index >= 15 is 0 Å². The van der Waals surface area contributed by atoms with Crippen LogP contribution >= 0.6 is 0 Å². The van der Waals surface area contributed by atoms with Crippen molar-refractivity contribution in [3.05, 3.63) is 35.9 Å². The Morgan fingerprint density at radius 1 is 1.19 bits per heavy atom. The minimum atomic E-state index is -0.428. The maximum absolute atomic E-state index is 12.2. The molecular weight excluding hydrogens is 270 g/mol. The Morgan fingerprint density at radius 2 is 1.86 bits per heavy atom. The van der Waals surface area contributed by atoms with Gasteiger partial charge in [-0.2, -0.15) is 0 Å². The number of amides is 1. The number of hydrazine groups is 1. The highest BCUT2D eigenvalue weighted by Crippen LogP contribution is 2.21. The van der Waals surface area contributed by atoms with Crippen LogP contribution in [0.25, 0.3) is 0 Å². The van der Waals surface area contributed by atoms with Crippen LogP contribution < -0.4 is 11.3 Å². The van der Waals surface area contributed by atoms with Crippen molar-refractivity contribution in [2.24, 2.45) is 5.84 Å². The molecule has 0 spiro atoms. The largest absolute Gasteiger partial charge is 0.385 e. The number of rotatable bonds is 10. The van der Waals surface area contributed by atoms with Gasteiger partial charge < -0.3 is 9.47 Å². The molecule has 0 fully saturated rings. The van der Waals surface area contributed by atoms with Gasteiger partial charge in [0.25, 0.3) is 5.91 Å². The van der Waals surface area contributed by atoms with Crippen molar-refractivity contribution in [3.8, 4) is 0 Å². The molecule has 6 heteroatoms. The summed E-state index contributed by atoms with van der Waals surface area (Å²) in [6, 6.07) is 9.17. The Hall–Kier alpha value is -1.47. The second-order valence-electron chi connectivity index (χ2n) is 4.70. The molecule has 1 atom stereocenters. The molecule has 1 aromatic rings. The number of nitrogens with one attached hydrogen (secondary N) is 1. The van der Waals surface area contributed by atoms with Crippen LogP contribution in [-0.2, 0) is 14.3 Å². The first-order chi connectivity index (χ1) is 10.2. The van der Waals surface area contributed by atoms with Crippen LogP contribution in [0, 0.1) is 0 Å². The molecule has 1 unspecified atom stereocenters. The Balaban J connectivity index is 2.90. The summed E-state index contributed by atoms with van der Waals surface area (Å²) in [5.41, 5.74) is 3.17. The number of methoxy groups -OCH3 is 2. The van der Waals surface area contributed by atoms with E-state index < -0.39 is 6.04 Å². The van der Waals surface area contributed by atoms with Gasteiger partial charge in [-0.25, -0.2) is 5.84 Å². The third-order valence-electron chi connectivity index (χ3n) is 3.25. The highest BCUT2D eigenvalue weighted by atomic mass is 16.5. The molecule has 0 aliphatic rings. The zero-order valence-electron chi connectivity index (χ0n) is 12.7. The molecule has 0 aliphatic carbocycles. The number of nitrogens with zero attached hydrogens (tertiary/aromatic N) is 1. The minimum absolute atomic E-state index is 0.227. The normalized spacial score (nSPS) is 12.4. The molecule has 0 aliphatic heterocycles. The molecule has 0 saturated heterocycles.